The van der Waals surface area contributed by atoms with Gasteiger partial charge in [0.05, 0.1) is 12.8 Å². The van der Waals surface area contributed by atoms with Gasteiger partial charge in [-0.25, -0.2) is 8.78 Å². The van der Waals surface area contributed by atoms with Crippen LogP contribution in [0.3, 0.4) is 0 Å². The monoisotopic (exact) mass is 280 g/mol. The molecule has 0 aromatic heterocycles. The van der Waals surface area contributed by atoms with Crippen molar-refractivity contribution in [3.8, 4) is 5.75 Å². The molecule has 3 N–H and O–H groups in total. The van der Waals surface area contributed by atoms with Crippen molar-refractivity contribution in [3.05, 3.63) is 23.8 Å². The smallest absolute Gasteiger partial charge is 0.224 e. The second-order valence-corrected chi connectivity index (χ2v) is 3.41. The Labute approximate surface area is 110 Å². The largest absolute Gasteiger partial charge is 0.494 e. The van der Waals surface area contributed by atoms with Crippen LogP contribution in [0.25, 0.3) is 0 Å². The zero-order valence-corrected chi connectivity index (χ0v) is 10.7. The first-order valence-corrected chi connectivity index (χ1v) is 5.11. The molecule has 0 aliphatic heterocycles. The lowest BCUT2D eigenvalue weighted by Crippen LogP contribution is -2.14. The quantitative estimate of drug-likeness (QED) is 0.868. The summed E-state index contributed by atoms with van der Waals surface area (Å²) in [5.41, 5.74) is 5.03. The van der Waals surface area contributed by atoms with Gasteiger partial charge in [0.25, 0.3) is 0 Å². The molecular formula is C11H15ClF2N2O2. The van der Waals surface area contributed by atoms with Crippen LogP contribution in [0.5, 0.6) is 5.75 Å². The van der Waals surface area contributed by atoms with E-state index < -0.39 is 17.5 Å². The molecule has 0 fully saturated rings. The third-order valence-corrected chi connectivity index (χ3v) is 2.12. The predicted molar refractivity (Wildman–Crippen MR) is 67.1 cm³/mol. The van der Waals surface area contributed by atoms with E-state index in [2.05, 4.69) is 10.1 Å². The molecule has 1 amide bonds. The highest BCUT2D eigenvalue weighted by atomic mass is 35.5. The summed E-state index contributed by atoms with van der Waals surface area (Å²) in [4.78, 5) is 11.3. The number of amides is 1. The molecule has 1 rings (SSSR count). The number of benzene rings is 1. The number of carbonyl (C=O) groups is 1. The number of ether oxygens (including phenoxy) is 1. The van der Waals surface area contributed by atoms with Crippen LogP contribution in [0, 0.1) is 11.6 Å². The topological polar surface area (TPSA) is 64.3 Å². The summed E-state index contributed by atoms with van der Waals surface area (Å²) in [6.07, 6.45) is 0.662. The lowest BCUT2D eigenvalue weighted by Gasteiger charge is -2.08. The van der Waals surface area contributed by atoms with E-state index in [0.29, 0.717) is 13.0 Å². The molecule has 102 valence electrons. The van der Waals surface area contributed by atoms with Crippen LogP contribution in [-0.4, -0.2) is 19.6 Å². The Morgan fingerprint density at radius 3 is 2.61 bits per heavy atom. The van der Waals surface area contributed by atoms with Crippen molar-refractivity contribution in [2.75, 3.05) is 19.0 Å². The van der Waals surface area contributed by atoms with Crippen molar-refractivity contribution >= 4 is 24.0 Å². The van der Waals surface area contributed by atoms with Gasteiger partial charge in [-0.2, -0.15) is 0 Å². The molecule has 0 spiro atoms. The number of hydrogen-bond donors (Lipinski definition) is 2. The van der Waals surface area contributed by atoms with Crippen molar-refractivity contribution in [3.63, 3.8) is 0 Å². The maximum Gasteiger partial charge on any atom is 0.224 e. The third kappa shape index (κ3) is 4.46. The van der Waals surface area contributed by atoms with E-state index in [0.717, 1.165) is 12.1 Å². The molecule has 0 aliphatic carbocycles. The Morgan fingerprint density at radius 1 is 1.39 bits per heavy atom. The van der Waals surface area contributed by atoms with Gasteiger partial charge in [0.15, 0.2) is 17.4 Å². The summed E-state index contributed by atoms with van der Waals surface area (Å²) in [5.74, 6) is -2.09. The second-order valence-electron chi connectivity index (χ2n) is 3.41. The van der Waals surface area contributed by atoms with Gasteiger partial charge in [-0.1, -0.05) is 0 Å². The summed E-state index contributed by atoms with van der Waals surface area (Å²) in [7, 11) is 1.23. The van der Waals surface area contributed by atoms with E-state index in [9.17, 15) is 13.6 Å². The van der Waals surface area contributed by atoms with Crippen LogP contribution in [0.2, 0.25) is 0 Å². The van der Waals surface area contributed by atoms with E-state index in [-0.39, 0.29) is 30.3 Å². The fourth-order valence-electron chi connectivity index (χ4n) is 1.26. The van der Waals surface area contributed by atoms with Gasteiger partial charge < -0.3 is 15.8 Å². The minimum absolute atomic E-state index is 0. The highest BCUT2D eigenvalue weighted by Gasteiger charge is 2.12. The van der Waals surface area contributed by atoms with Crippen LogP contribution in [0.4, 0.5) is 14.5 Å². The Balaban J connectivity index is 0.00000289. The first kappa shape index (κ1) is 16.6. The molecule has 1 aromatic carbocycles. The Kier molecular flexibility index (Phi) is 7.23. The minimum Gasteiger partial charge on any atom is -0.494 e. The maximum absolute atomic E-state index is 13.4. The molecule has 0 atom stereocenters. The summed E-state index contributed by atoms with van der Waals surface area (Å²) < 4.78 is 31.3. The van der Waals surface area contributed by atoms with Gasteiger partial charge in [0.1, 0.15) is 0 Å². The molecule has 0 saturated carbocycles. The number of nitrogens with two attached hydrogens (primary N) is 1. The van der Waals surface area contributed by atoms with Crippen LogP contribution < -0.4 is 15.8 Å². The number of halogens is 3. The molecule has 0 radical (unpaired) electrons. The van der Waals surface area contributed by atoms with Crippen LogP contribution in [0.1, 0.15) is 12.8 Å². The Hall–Kier alpha value is -1.40. The van der Waals surface area contributed by atoms with Crippen LogP contribution in [0.15, 0.2) is 12.1 Å². The molecule has 0 bridgehead atoms. The van der Waals surface area contributed by atoms with E-state index in [4.69, 9.17) is 5.73 Å². The minimum atomic E-state index is -0.746. The molecule has 0 saturated heterocycles. The van der Waals surface area contributed by atoms with Gasteiger partial charge in [0.2, 0.25) is 5.91 Å². The SMILES string of the molecule is COc1cc(F)c(NC(=O)CCCN)cc1F.Cl. The standard InChI is InChI=1S/C11H14F2N2O2.ClH/c1-17-10-6-7(12)9(5-8(10)13)15-11(16)3-2-4-14;/h5-6H,2-4,14H2,1H3,(H,15,16);1H. The average Bonchev–Trinajstić information content (AvgIpc) is 2.30. The molecule has 7 heteroatoms. The molecule has 0 unspecified atom stereocenters. The van der Waals surface area contributed by atoms with Crippen molar-refractivity contribution in [1.82, 2.24) is 0 Å². The van der Waals surface area contributed by atoms with E-state index in [1.807, 2.05) is 0 Å². The van der Waals surface area contributed by atoms with Crippen molar-refractivity contribution in [2.45, 2.75) is 12.8 Å². The summed E-state index contributed by atoms with van der Waals surface area (Å²) in [6.45, 7) is 0.368. The first-order chi connectivity index (χ1) is 8.08. The number of nitrogens with one attached hydrogen (secondary N) is 1. The molecule has 4 nitrogen and oxygen atoms in total. The fourth-order valence-corrected chi connectivity index (χ4v) is 1.26. The van der Waals surface area contributed by atoms with Crippen molar-refractivity contribution in [2.24, 2.45) is 5.73 Å². The number of anilines is 1. The molecule has 18 heavy (non-hydrogen) atoms. The lowest BCUT2D eigenvalue weighted by atomic mass is 10.2. The molecule has 1 aromatic rings. The number of methoxy groups -OCH3 is 1. The van der Waals surface area contributed by atoms with Crippen LogP contribution in [-0.2, 0) is 4.79 Å². The summed E-state index contributed by atoms with van der Waals surface area (Å²) in [6, 6.07) is 1.77. The highest BCUT2D eigenvalue weighted by molar-refractivity contribution is 5.90. The third-order valence-electron chi connectivity index (χ3n) is 2.12. The number of hydrogen-bond acceptors (Lipinski definition) is 3. The van der Waals surface area contributed by atoms with Crippen molar-refractivity contribution in [1.29, 1.82) is 0 Å². The zero-order valence-electron chi connectivity index (χ0n) is 9.83. The Morgan fingerprint density at radius 2 is 2.06 bits per heavy atom. The zero-order chi connectivity index (χ0) is 12.8. The van der Waals surface area contributed by atoms with Gasteiger partial charge >= 0.3 is 0 Å². The average molecular weight is 281 g/mol. The van der Waals surface area contributed by atoms with Crippen LogP contribution >= 0.6 is 12.4 Å². The summed E-state index contributed by atoms with van der Waals surface area (Å²) >= 11 is 0. The fraction of sp³-hybridized carbons (Fsp3) is 0.364. The van der Waals surface area contributed by atoms with E-state index in [1.54, 1.807) is 0 Å². The van der Waals surface area contributed by atoms with Gasteiger partial charge in [-0.3, -0.25) is 4.79 Å². The molecule has 0 heterocycles. The van der Waals surface area contributed by atoms with E-state index in [1.165, 1.54) is 7.11 Å². The second kappa shape index (κ2) is 7.84. The lowest BCUT2D eigenvalue weighted by molar-refractivity contribution is -0.116. The maximum atomic E-state index is 13.4. The molecular weight excluding hydrogens is 266 g/mol. The number of carbonyl (C=O) groups excluding carboxylic acids is 1. The molecule has 0 aliphatic rings. The first-order valence-electron chi connectivity index (χ1n) is 5.11. The van der Waals surface area contributed by atoms with Crippen molar-refractivity contribution < 1.29 is 18.3 Å². The Bertz CT molecular complexity index is 416. The normalized spacial score (nSPS) is 9.56. The van der Waals surface area contributed by atoms with Gasteiger partial charge in [-0.15, -0.1) is 12.4 Å². The summed E-state index contributed by atoms with van der Waals surface area (Å²) in [5, 5.41) is 2.27. The van der Waals surface area contributed by atoms with Gasteiger partial charge in [-0.05, 0) is 13.0 Å². The highest BCUT2D eigenvalue weighted by Crippen LogP contribution is 2.24. The number of rotatable bonds is 5. The van der Waals surface area contributed by atoms with E-state index >= 15 is 0 Å². The predicted octanol–water partition coefficient (Wildman–Crippen LogP) is 2.07. The van der Waals surface area contributed by atoms with Gasteiger partial charge in [0, 0.05) is 18.6 Å².